The van der Waals surface area contributed by atoms with E-state index in [0.717, 1.165) is 5.56 Å². The van der Waals surface area contributed by atoms with Crippen LogP contribution in [0.5, 0.6) is 5.75 Å². The fraction of sp³-hybridized carbons (Fsp3) is 0.154. The van der Waals surface area contributed by atoms with E-state index in [0.29, 0.717) is 17.9 Å². The fourth-order valence-electron chi connectivity index (χ4n) is 3.95. The van der Waals surface area contributed by atoms with Crippen molar-refractivity contribution in [3.63, 3.8) is 0 Å². The van der Waals surface area contributed by atoms with E-state index in [4.69, 9.17) is 9.47 Å². The van der Waals surface area contributed by atoms with Gasteiger partial charge in [0, 0.05) is 12.5 Å². The monoisotopic (exact) mass is 410 g/mol. The Labute approximate surface area is 181 Å². The van der Waals surface area contributed by atoms with E-state index in [-0.39, 0.29) is 12.5 Å². The van der Waals surface area contributed by atoms with Crippen molar-refractivity contribution in [2.24, 2.45) is 0 Å². The van der Waals surface area contributed by atoms with Crippen molar-refractivity contribution in [1.29, 1.82) is 5.26 Å². The van der Waals surface area contributed by atoms with Crippen LogP contribution in [0, 0.1) is 11.3 Å². The maximum Gasteiger partial charge on any atom is 0.407 e. The number of carbonyl (C=O) groups excluding carboxylic acids is 1. The molecule has 0 radical (unpaired) electrons. The van der Waals surface area contributed by atoms with Crippen LogP contribution in [0.15, 0.2) is 72.8 Å². The summed E-state index contributed by atoms with van der Waals surface area (Å²) in [5.41, 5.74) is 5.94. The molecule has 154 valence electrons. The molecule has 4 rings (SSSR count). The molecule has 1 N–H and O–H groups in total. The SMILES string of the molecule is COc1cccc(C=CCNC(=O)OCC2c3ccccc3-c3ccccc32)c1C#N. The number of ether oxygens (including phenoxy) is 2. The third-order valence-electron chi connectivity index (χ3n) is 5.40. The molecule has 0 saturated carbocycles. The lowest BCUT2D eigenvalue weighted by atomic mass is 9.98. The topological polar surface area (TPSA) is 71.3 Å². The van der Waals surface area contributed by atoms with Crippen molar-refractivity contribution in [2.75, 3.05) is 20.3 Å². The van der Waals surface area contributed by atoms with Crippen molar-refractivity contribution < 1.29 is 14.3 Å². The van der Waals surface area contributed by atoms with Gasteiger partial charge >= 0.3 is 6.09 Å². The highest BCUT2D eigenvalue weighted by Crippen LogP contribution is 2.44. The molecule has 1 amide bonds. The van der Waals surface area contributed by atoms with Crippen molar-refractivity contribution in [2.45, 2.75) is 5.92 Å². The largest absolute Gasteiger partial charge is 0.495 e. The molecule has 0 aliphatic heterocycles. The molecule has 5 nitrogen and oxygen atoms in total. The van der Waals surface area contributed by atoms with Gasteiger partial charge in [-0.3, -0.25) is 0 Å². The Balaban J connectivity index is 1.35. The molecule has 0 bridgehead atoms. The highest BCUT2D eigenvalue weighted by molar-refractivity contribution is 5.79. The normalized spacial score (nSPS) is 12.1. The molecule has 0 heterocycles. The standard InChI is InChI=1S/C26H22N2O3/c1-30-25-14-6-8-18(23(25)16-27)9-7-15-28-26(29)31-17-24-21-12-4-2-10-19(21)20-11-3-5-13-22(20)24/h2-14,24H,15,17H2,1H3,(H,28,29). The molecule has 0 unspecified atom stereocenters. The van der Waals surface area contributed by atoms with Crippen LogP contribution in [0.3, 0.4) is 0 Å². The zero-order valence-electron chi connectivity index (χ0n) is 17.2. The Hall–Kier alpha value is -4.04. The minimum atomic E-state index is -0.474. The summed E-state index contributed by atoms with van der Waals surface area (Å²) < 4.78 is 10.7. The number of hydrogen-bond acceptors (Lipinski definition) is 4. The molecule has 0 fully saturated rings. The number of nitrogens with one attached hydrogen (secondary N) is 1. The second-order valence-electron chi connectivity index (χ2n) is 7.15. The van der Waals surface area contributed by atoms with Gasteiger partial charge in [-0.1, -0.05) is 72.8 Å². The van der Waals surface area contributed by atoms with E-state index < -0.39 is 6.09 Å². The number of fused-ring (bicyclic) bond motifs is 3. The Bertz CT molecular complexity index is 1130. The van der Waals surface area contributed by atoms with Gasteiger partial charge in [0.25, 0.3) is 0 Å². The van der Waals surface area contributed by atoms with Gasteiger partial charge in [-0.2, -0.15) is 5.26 Å². The van der Waals surface area contributed by atoms with Crippen LogP contribution in [0.25, 0.3) is 17.2 Å². The Kier molecular flexibility index (Phi) is 6.00. The molecule has 1 aliphatic carbocycles. The molecule has 1 aliphatic rings. The number of carbonyl (C=O) groups is 1. The first-order chi connectivity index (χ1) is 15.2. The Morgan fingerprint density at radius 3 is 2.35 bits per heavy atom. The number of amides is 1. The number of nitrogens with zero attached hydrogens (tertiary/aromatic N) is 1. The molecule has 0 saturated heterocycles. The smallest absolute Gasteiger partial charge is 0.407 e. The van der Waals surface area contributed by atoms with Crippen LogP contribution in [-0.4, -0.2) is 26.4 Å². The summed E-state index contributed by atoms with van der Waals surface area (Å²) in [6.07, 6.45) is 3.08. The third-order valence-corrected chi connectivity index (χ3v) is 5.40. The van der Waals surface area contributed by atoms with Crippen LogP contribution < -0.4 is 10.1 Å². The number of alkyl carbamates (subject to hydrolysis) is 1. The average molecular weight is 410 g/mol. The molecule has 31 heavy (non-hydrogen) atoms. The first-order valence-corrected chi connectivity index (χ1v) is 10.1. The predicted octanol–water partition coefficient (Wildman–Crippen LogP) is 5.12. The first-order valence-electron chi connectivity index (χ1n) is 10.1. The number of methoxy groups -OCH3 is 1. The van der Waals surface area contributed by atoms with E-state index >= 15 is 0 Å². The molecule has 3 aromatic rings. The van der Waals surface area contributed by atoms with E-state index in [2.05, 4.69) is 35.7 Å². The number of benzene rings is 3. The maximum atomic E-state index is 12.2. The van der Waals surface area contributed by atoms with Crippen LogP contribution in [0.1, 0.15) is 28.2 Å². The molecular formula is C26H22N2O3. The van der Waals surface area contributed by atoms with Gasteiger partial charge in [0.05, 0.1) is 7.11 Å². The quantitative estimate of drug-likeness (QED) is 0.612. The van der Waals surface area contributed by atoms with Gasteiger partial charge in [-0.25, -0.2) is 4.79 Å². The summed E-state index contributed by atoms with van der Waals surface area (Å²) >= 11 is 0. The van der Waals surface area contributed by atoms with Crippen LogP contribution in [0.4, 0.5) is 4.79 Å². The summed E-state index contributed by atoms with van der Waals surface area (Å²) in [7, 11) is 1.53. The van der Waals surface area contributed by atoms with Gasteiger partial charge in [0.2, 0.25) is 0 Å². The van der Waals surface area contributed by atoms with E-state index in [1.807, 2.05) is 36.4 Å². The minimum Gasteiger partial charge on any atom is -0.495 e. The highest BCUT2D eigenvalue weighted by atomic mass is 16.5. The molecule has 3 aromatic carbocycles. The van der Waals surface area contributed by atoms with E-state index in [1.165, 1.54) is 29.4 Å². The second kappa shape index (κ2) is 9.19. The van der Waals surface area contributed by atoms with E-state index in [1.54, 1.807) is 18.2 Å². The predicted molar refractivity (Wildman–Crippen MR) is 120 cm³/mol. The number of hydrogen-bond donors (Lipinski definition) is 1. The highest BCUT2D eigenvalue weighted by Gasteiger charge is 2.28. The summed E-state index contributed by atoms with van der Waals surface area (Å²) in [4.78, 5) is 12.2. The van der Waals surface area contributed by atoms with Crippen molar-refractivity contribution in [3.05, 3.63) is 95.1 Å². The van der Waals surface area contributed by atoms with Crippen molar-refractivity contribution in [3.8, 4) is 22.9 Å². The van der Waals surface area contributed by atoms with Crippen molar-refractivity contribution >= 4 is 12.2 Å². The average Bonchev–Trinajstić information content (AvgIpc) is 3.14. The van der Waals surface area contributed by atoms with Gasteiger partial charge in [0.1, 0.15) is 24.0 Å². The molecule has 0 atom stereocenters. The van der Waals surface area contributed by atoms with E-state index in [9.17, 15) is 10.1 Å². The van der Waals surface area contributed by atoms with Crippen LogP contribution >= 0.6 is 0 Å². The first kappa shape index (κ1) is 20.2. The zero-order valence-corrected chi connectivity index (χ0v) is 17.2. The zero-order chi connectivity index (χ0) is 21.6. The third kappa shape index (κ3) is 4.15. The number of nitriles is 1. The number of rotatable bonds is 6. The van der Waals surface area contributed by atoms with Crippen molar-refractivity contribution in [1.82, 2.24) is 5.32 Å². The lowest BCUT2D eigenvalue weighted by Gasteiger charge is -2.14. The lowest BCUT2D eigenvalue weighted by Crippen LogP contribution is -2.26. The van der Waals surface area contributed by atoms with Gasteiger partial charge in [0.15, 0.2) is 0 Å². The Morgan fingerprint density at radius 1 is 1.03 bits per heavy atom. The van der Waals surface area contributed by atoms with Gasteiger partial charge < -0.3 is 14.8 Å². The molecule has 0 aromatic heterocycles. The summed E-state index contributed by atoms with van der Waals surface area (Å²) in [5.74, 6) is 0.554. The molecule has 5 heteroatoms. The summed E-state index contributed by atoms with van der Waals surface area (Å²) in [5, 5.41) is 12.1. The second-order valence-corrected chi connectivity index (χ2v) is 7.15. The summed E-state index contributed by atoms with van der Waals surface area (Å²) in [6.45, 7) is 0.566. The van der Waals surface area contributed by atoms with Crippen LogP contribution in [-0.2, 0) is 4.74 Å². The lowest BCUT2D eigenvalue weighted by molar-refractivity contribution is 0.144. The Morgan fingerprint density at radius 2 is 1.71 bits per heavy atom. The molecular weight excluding hydrogens is 388 g/mol. The van der Waals surface area contributed by atoms with Gasteiger partial charge in [-0.15, -0.1) is 0 Å². The van der Waals surface area contributed by atoms with Crippen LogP contribution in [0.2, 0.25) is 0 Å². The van der Waals surface area contributed by atoms with Gasteiger partial charge in [-0.05, 0) is 33.9 Å². The fourth-order valence-corrected chi connectivity index (χ4v) is 3.95. The minimum absolute atomic E-state index is 0.0312. The summed E-state index contributed by atoms with van der Waals surface area (Å²) in [6, 6.07) is 24.0. The molecule has 0 spiro atoms. The maximum absolute atomic E-state index is 12.2.